The highest BCUT2D eigenvalue weighted by atomic mass is 79.9. The maximum absolute atomic E-state index is 5.39. The maximum atomic E-state index is 5.39. The zero-order valence-corrected chi connectivity index (χ0v) is 12.6. The maximum Gasteiger partial charge on any atom is 0.133 e. The Morgan fingerprint density at radius 3 is 2.65 bits per heavy atom. The minimum absolute atomic E-state index is 0.114. The molecule has 0 aliphatic carbocycles. The van der Waals surface area contributed by atoms with Crippen LogP contribution in [-0.4, -0.2) is 13.7 Å². The van der Waals surface area contributed by atoms with E-state index in [0.29, 0.717) is 0 Å². The number of nitrogens with one attached hydrogen (secondary N) is 1. The van der Waals surface area contributed by atoms with E-state index in [-0.39, 0.29) is 5.54 Å². The molecule has 0 spiro atoms. The molecule has 1 fully saturated rings. The molecule has 2 nitrogen and oxygen atoms in total. The summed E-state index contributed by atoms with van der Waals surface area (Å²) in [7, 11) is 1.72. The molecule has 1 aromatic carbocycles. The summed E-state index contributed by atoms with van der Waals surface area (Å²) in [5, 5.41) is 3.63. The van der Waals surface area contributed by atoms with Gasteiger partial charge in [0.15, 0.2) is 0 Å². The van der Waals surface area contributed by atoms with Gasteiger partial charge in [0.05, 0.1) is 11.6 Å². The van der Waals surface area contributed by atoms with Gasteiger partial charge >= 0.3 is 0 Å². The van der Waals surface area contributed by atoms with Crippen molar-refractivity contribution >= 4 is 15.9 Å². The van der Waals surface area contributed by atoms with Gasteiger partial charge < -0.3 is 10.1 Å². The van der Waals surface area contributed by atoms with Gasteiger partial charge in [0, 0.05) is 5.54 Å². The normalized spacial score (nSPS) is 24.1. The van der Waals surface area contributed by atoms with Crippen molar-refractivity contribution in [2.45, 2.75) is 39.2 Å². The van der Waals surface area contributed by atoms with Gasteiger partial charge in [-0.1, -0.05) is 0 Å². The van der Waals surface area contributed by atoms with Crippen LogP contribution in [-0.2, 0) is 5.54 Å². The zero-order chi connectivity index (χ0) is 12.6. The van der Waals surface area contributed by atoms with E-state index >= 15 is 0 Å². The second-order valence-electron chi connectivity index (χ2n) is 5.07. The van der Waals surface area contributed by atoms with Crippen LogP contribution in [0.5, 0.6) is 5.75 Å². The van der Waals surface area contributed by atoms with Gasteiger partial charge in [-0.15, -0.1) is 0 Å². The Labute approximate surface area is 112 Å². The summed E-state index contributed by atoms with van der Waals surface area (Å²) in [5.74, 6) is 0.922. The molecule has 0 amide bonds. The molecule has 1 heterocycles. The Morgan fingerprint density at radius 1 is 1.41 bits per heavy atom. The van der Waals surface area contributed by atoms with Crippen molar-refractivity contribution in [3.63, 3.8) is 0 Å². The quantitative estimate of drug-likeness (QED) is 0.899. The highest BCUT2D eigenvalue weighted by Crippen LogP contribution is 2.40. The third-order valence-electron chi connectivity index (χ3n) is 3.80. The van der Waals surface area contributed by atoms with E-state index in [1.165, 1.54) is 29.5 Å². The minimum Gasteiger partial charge on any atom is -0.496 e. The fraction of sp³-hybridized carbons (Fsp3) is 0.571. The van der Waals surface area contributed by atoms with Crippen LogP contribution >= 0.6 is 15.9 Å². The lowest BCUT2D eigenvalue weighted by atomic mass is 9.84. The summed E-state index contributed by atoms with van der Waals surface area (Å²) >= 11 is 3.64. The molecule has 1 aliphatic heterocycles. The van der Waals surface area contributed by atoms with Crippen LogP contribution in [0.15, 0.2) is 10.5 Å². The minimum atomic E-state index is 0.114. The van der Waals surface area contributed by atoms with Gasteiger partial charge in [0.1, 0.15) is 5.75 Å². The Morgan fingerprint density at radius 2 is 2.12 bits per heavy atom. The van der Waals surface area contributed by atoms with E-state index in [1.807, 2.05) is 0 Å². The van der Waals surface area contributed by atoms with E-state index in [9.17, 15) is 0 Å². The fourth-order valence-electron chi connectivity index (χ4n) is 3.03. The molecule has 1 N–H and O–H groups in total. The number of halogens is 1. The topological polar surface area (TPSA) is 21.3 Å². The Kier molecular flexibility index (Phi) is 3.50. The average molecular weight is 298 g/mol. The first-order valence-corrected chi connectivity index (χ1v) is 6.88. The predicted octanol–water partition coefficient (Wildman–Crippen LogP) is 3.67. The van der Waals surface area contributed by atoms with Gasteiger partial charge in [-0.05, 0) is 78.8 Å². The summed E-state index contributed by atoms with van der Waals surface area (Å²) in [6.45, 7) is 7.75. The third kappa shape index (κ3) is 2.11. The van der Waals surface area contributed by atoms with Crippen molar-refractivity contribution in [3.8, 4) is 5.75 Å². The van der Waals surface area contributed by atoms with E-state index in [4.69, 9.17) is 4.74 Å². The van der Waals surface area contributed by atoms with Crippen molar-refractivity contribution < 1.29 is 4.74 Å². The first-order valence-electron chi connectivity index (χ1n) is 6.09. The van der Waals surface area contributed by atoms with Gasteiger partial charge in [-0.2, -0.15) is 0 Å². The molecule has 0 bridgehead atoms. The van der Waals surface area contributed by atoms with Crippen LogP contribution < -0.4 is 10.1 Å². The molecule has 1 unspecified atom stereocenters. The summed E-state index contributed by atoms with van der Waals surface area (Å²) < 4.78 is 6.47. The predicted molar refractivity (Wildman–Crippen MR) is 74.8 cm³/mol. The molecule has 0 aromatic heterocycles. The molecule has 1 aromatic rings. The molecular formula is C14H20BrNO. The molecule has 17 heavy (non-hydrogen) atoms. The number of benzene rings is 1. The first kappa shape index (κ1) is 12.9. The van der Waals surface area contributed by atoms with Gasteiger partial charge in [-0.3, -0.25) is 0 Å². The number of aryl methyl sites for hydroxylation is 1. The lowest BCUT2D eigenvalue weighted by Crippen LogP contribution is -2.34. The van der Waals surface area contributed by atoms with Crippen LogP contribution in [0.4, 0.5) is 0 Å². The molecule has 1 saturated heterocycles. The molecule has 0 radical (unpaired) electrons. The SMILES string of the molecule is COc1cc(C)c(C2(C)CCCN2)c(C)c1Br. The van der Waals surface area contributed by atoms with Gasteiger partial charge in [-0.25, -0.2) is 0 Å². The summed E-state index contributed by atoms with van der Waals surface area (Å²) in [6.07, 6.45) is 2.45. The fourth-order valence-corrected chi connectivity index (χ4v) is 3.50. The van der Waals surface area contributed by atoms with Crippen molar-refractivity contribution in [2.75, 3.05) is 13.7 Å². The lowest BCUT2D eigenvalue weighted by molar-refractivity contribution is 0.405. The summed E-state index contributed by atoms with van der Waals surface area (Å²) in [6, 6.07) is 2.12. The van der Waals surface area contributed by atoms with Crippen LogP contribution in [0.3, 0.4) is 0 Å². The highest BCUT2D eigenvalue weighted by molar-refractivity contribution is 9.10. The third-order valence-corrected chi connectivity index (χ3v) is 4.79. The Hall–Kier alpha value is -0.540. The van der Waals surface area contributed by atoms with Crippen LogP contribution in [0.2, 0.25) is 0 Å². The molecule has 1 aliphatic rings. The van der Waals surface area contributed by atoms with Gasteiger partial charge in [0.25, 0.3) is 0 Å². The van der Waals surface area contributed by atoms with Crippen LogP contribution in [0.25, 0.3) is 0 Å². The number of hydrogen-bond acceptors (Lipinski definition) is 2. The van der Waals surface area contributed by atoms with Crippen molar-refractivity contribution in [3.05, 3.63) is 27.2 Å². The van der Waals surface area contributed by atoms with Crippen molar-refractivity contribution in [1.29, 1.82) is 0 Å². The lowest BCUT2D eigenvalue weighted by Gasteiger charge is -2.30. The Bertz CT molecular complexity index is 436. The molecular weight excluding hydrogens is 278 g/mol. The molecule has 0 saturated carbocycles. The number of rotatable bonds is 2. The number of ether oxygens (including phenoxy) is 1. The number of methoxy groups -OCH3 is 1. The van der Waals surface area contributed by atoms with Crippen molar-refractivity contribution in [1.82, 2.24) is 5.32 Å². The van der Waals surface area contributed by atoms with Crippen molar-refractivity contribution in [2.24, 2.45) is 0 Å². The summed E-state index contributed by atoms with van der Waals surface area (Å²) in [4.78, 5) is 0. The van der Waals surface area contributed by atoms with E-state index in [1.54, 1.807) is 7.11 Å². The Balaban J connectivity index is 2.58. The van der Waals surface area contributed by atoms with E-state index < -0.39 is 0 Å². The summed E-state index contributed by atoms with van der Waals surface area (Å²) in [5.41, 5.74) is 4.13. The smallest absolute Gasteiger partial charge is 0.133 e. The first-order chi connectivity index (χ1) is 7.99. The van der Waals surface area contributed by atoms with Gasteiger partial charge in [0.2, 0.25) is 0 Å². The second-order valence-corrected chi connectivity index (χ2v) is 5.87. The molecule has 3 heteroatoms. The molecule has 94 valence electrons. The van der Waals surface area contributed by atoms with E-state index in [0.717, 1.165) is 16.8 Å². The largest absolute Gasteiger partial charge is 0.496 e. The molecule has 1 atom stereocenters. The average Bonchev–Trinajstić information content (AvgIpc) is 2.71. The van der Waals surface area contributed by atoms with Crippen LogP contribution in [0, 0.1) is 13.8 Å². The second kappa shape index (κ2) is 4.62. The standard InChI is InChI=1S/C14H20BrNO/c1-9-8-11(17-4)13(15)10(2)12(9)14(3)6-5-7-16-14/h8,16H,5-7H2,1-4H3. The number of hydrogen-bond donors (Lipinski definition) is 1. The molecule has 2 rings (SSSR count). The zero-order valence-electron chi connectivity index (χ0n) is 11.0. The van der Waals surface area contributed by atoms with E-state index in [2.05, 4.69) is 48.1 Å². The highest BCUT2D eigenvalue weighted by Gasteiger charge is 2.33. The van der Waals surface area contributed by atoms with Crippen LogP contribution in [0.1, 0.15) is 36.5 Å². The monoisotopic (exact) mass is 297 g/mol.